The number of pyridine rings is 1. The molecule has 20 heavy (non-hydrogen) atoms. The molecule has 0 saturated heterocycles. The zero-order chi connectivity index (χ0) is 14.4. The van der Waals surface area contributed by atoms with Crippen LogP contribution in [0, 0.1) is 11.3 Å². The predicted molar refractivity (Wildman–Crippen MR) is 79.1 cm³/mol. The number of nitrogens with one attached hydrogen (secondary N) is 1. The van der Waals surface area contributed by atoms with Crippen LogP contribution in [0.2, 0.25) is 0 Å². The van der Waals surface area contributed by atoms with E-state index in [0.29, 0.717) is 17.7 Å². The zero-order valence-electron chi connectivity index (χ0n) is 10.6. The van der Waals surface area contributed by atoms with E-state index in [2.05, 4.69) is 26.2 Å². The molecule has 0 spiro atoms. The first-order valence-electron chi connectivity index (χ1n) is 6.07. The number of nitrogens with zero attached hydrogens (tertiary/aromatic N) is 2. The summed E-state index contributed by atoms with van der Waals surface area (Å²) in [5.41, 5.74) is 1.92. The van der Waals surface area contributed by atoms with Gasteiger partial charge >= 0.3 is 0 Å². The van der Waals surface area contributed by atoms with E-state index in [4.69, 9.17) is 5.26 Å². The monoisotopic (exact) mass is 329 g/mol. The van der Waals surface area contributed by atoms with Crippen molar-refractivity contribution in [2.75, 3.05) is 6.54 Å². The maximum absolute atomic E-state index is 11.9. The summed E-state index contributed by atoms with van der Waals surface area (Å²) in [5.74, 6) is -0.218. The molecule has 0 aliphatic heterocycles. The van der Waals surface area contributed by atoms with Crippen molar-refractivity contribution < 1.29 is 4.79 Å². The normalized spacial score (nSPS) is 9.80. The fourth-order valence-corrected chi connectivity index (χ4v) is 2.19. The highest BCUT2D eigenvalue weighted by molar-refractivity contribution is 9.10. The van der Waals surface area contributed by atoms with Crippen LogP contribution in [0.5, 0.6) is 0 Å². The molecule has 0 fully saturated rings. The van der Waals surface area contributed by atoms with Crippen molar-refractivity contribution in [1.82, 2.24) is 10.3 Å². The Kier molecular flexibility index (Phi) is 4.85. The zero-order valence-corrected chi connectivity index (χ0v) is 12.2. The standard InChI is InChI=1S/C15H12BrN3O/c16-14-3-1-2-11(7-14)4-5-19-15(20)13-6-12(8-17)9-18-10-13/h1-3,6-7,9-10H,4-5H2,(H,19,20). The highest BCUT2D eigenvalue weighted by Gasteiger charge is 2.06. The maximum atomic E-state index is 11.9. The molecule has 5 heteroatoms. The molecule has 0 aliphatic carbocycles. The Labute approximate surface area is 125 Å². The summed E-state index contributed by atoms with van der Waals surface area (Å²) in [6.07, 6.45) is 3.63. The second-order valence-electron chi connectivity index (χ2n) is 4.21. The summed E-state index contributed by atoms with van der Waals surface area (Å²) in [7, 11) is 0. The number of nitriles is 1. The van der Waals surface area contributed by atoms with Crippen LogP contribution in [0.3, 0.4) is 0 Å². The summed E-state index contributed by atoms with van der Waals surface area (Å²) in [4.78, 5) is 15.8. The molecule has 0 atom stereocenters. The van der Waals surface area contributed by atoms with E-state index >= 15 is 0 Å². The molecule has 0 saturated carbocycles. The average molecular weight is 330 g/mol. The van der Waals surface area contributed by atoms with E-state index < -0.39 is 0 Å². The van der Waals surface area contributed by atoms with Gasteiger partial charge in [-0.2, -0.15) is 5.26 Å². The number of benzene rings is 1. The fourth-order valence-electron chi connectivity index (χ4n) is 1.74. The van der Waals surface area contributed by atoms with Crippen molar-refractivity contribution in [3.05, 3.63) is 63.9 Å². The fraction of sp³-hybridized carbons (Fsp3) is 0.133. The SMILES string of the molecule is N#Cc1cncc(C(=O)NCCc2cccc(Br)c2)c1. The predicted octanol–water partition coefficient (Wildman–Crippen LogP) is 2.69. The second-order valence-corrected chi connectivity index (χ2v) is 5.13. The van der Waals surface area contributed by atoms with E-state index in [1.54, 1.807) is 0 Å². The molecule has 0 aliphatic rings. The molecule has 100 valence electrons. The molecule has 1 N–H and O–H groups in total. The van der Waals surface area contributed by atoms with Crippen molar-refractivity contribution >= 4 is 21.8 Å². The van der Waals surface area contributed by atoms with Crippen LogP contribution in [0.25, 0.3) is 0 Å². The topological polar surface area (TPSA) is 65.8 Å². The van der Waals surface area contributed by atoms with E-state index in [0.717, 1.165) is 16.5 Å². The van der Waals surface area contributed by atoms with E-state index in [1.807, 2.05) is 30.3 Å². The van der Waals surface area contributed by atoms with Crippen molar-refractivity contribution in [2.45, 2.75) is 6.42 Å². The van der Waals surface area contributed by atoms with Gasteiger partial charge in [0, 0.05) is 23.4 Å². The number of aromatic nitrogens is 1. The van der Waals surface area contributed by atoms with Crippen molar-refractivity contribution in [2.24, 2.45) is 0 Å². The molecule has 2 rings (SSSR count). The minimum atomic E-state index is -0.218. The third kappa shape index (κ3) is 3.90. The first kappa shape index (κ1) is 14.2. The van der Waals surface area contributed by atoms with Crippen molar-refractivity contribution in [1.29, 1.82) is 5.26 Å². The van der Waals surface area contributed by atoms with Crippen LogP contribution in [-0.4, -0.2) is 17.4 Å². The van der Waals surface area contributed by atoms with Crippen LogP contribution in [0.15, 0.2) is 47.2 Å². The Morgan fingerprint density at radius 3 is 2.95 bits per heavy atom. The highest BCUT2D eigenvalue weighted by Crippen LogP contribution is 2.11. The summed E-state index contributed by atoms with van der Waals surface area (Å²) < 4.78 is 1.02. The number of hydrogen-bond acceptors (Lipinski definition) is 3. The number of rotatable bonds is 4. The summed E-state index contributed by atoms with van der Waals surface area (Å²) >= 11 is 3.41. The number of carbonyl (C=O) groups excluding carboxylic acids is 1. The van der Waals surface area contributed by atoms with Crippen molar-refractivity contribution in [3.8, 4) is 6.07 Å². The van der Waals surface area contributed by atoms with Gasteiger partial charge in [0.25, 0.3) is 5.91 Å². The molecule has 1 aromatic carbocycles. The molecule has 2 aromatic rings. The van der Waals surface area contributed by atoms with Gasteiger partial charge in [0.05, 0.1) is 11.1 Å². The number of carbonyl (C=O) groups is 1. The molecule has 0 bridgehead atoms. The van der Waals surface area contributed by atoms with Crippen molar-refractivity contribution in [3.63, 3.8) is 0 Å². The van der Waals surface area contributed by atoms with Crippen LogP contribution in [0.1, 0.15) is 21.5 Å². The van der Waals surface area contributed by atoms with Crippen LogP contribution in [0.4, 0.5) is 0 Å². The Bertz CT molecular complexity index is 664. The molecule has 1 heterocycles. The minimum Gasteiger partial charge on any atom is -0.352 e. The third-order valence-corrected chi connectivity index (χ3v) is 3.21. The van der Waals surface area contributed by atoms with E-state index in [-0.39, 0.29) is 5.91 Å². The largest absolute Gasteiger partial charge is 0.352 e. The molecule has 0 radical (unpaired) electrons. The van der Waals surface area contributed by atoms with Gasteiger partial charge in [-0.25, -0.2) is 0 Å². The van der Waals surface area contributed by atoms with Gasteiger partial charge in [-0.15, -0.1) is 0 Å². The second kappa shape index (κ2) is 6.83. The molecule has 0 unspecified atom stereocenters. The highest BCUT2D eigenvalue weighted by atomic mass is 79.9. The van der Waals surface area contributed by atoms with Gasteiger partial charge in [0.2, 0.25) is 0 Å². The molecular formula is C15H12BrN3O. The van der Waals surface area contributed by atoms with Gasteiger partial charge in [-0.3, -0.25) is 9.78 Å². The van der Waals surface area contributed by atoms with Crippen LogP contribution in [-0.2, 0) is 6.42 Å². The number of halogens is 1. The molecule has 1 aromatic heterocycles. The quantitative estimate of drug-likeness (QED) is 0.937. The Morgan fingerprint density at radius 1 is 1.35 bits per heavy atom. The molecular weight excluding hydrogens is 318 g/mol. The average Bonchev–Trinajstić information content (AvgIpc) is 2.47. The number of hydrogen-bond donors (Lipinski definition) is 1. The summed E-state index contributed by atoms with van der Waals surface area (Å²) in [6, 6.07) is 11.4. The van der Waals surface area contributed by atoms with Crippen LogP contribution >= 0.6 is 15.9 Å². The van der Waals surface area contributed by atoms with Gasteiger partial charge in [0.15, 0.2) is 0 Å². The lowest BCUT2D eigenvalue weighted by atomic mass is 10.1. The smallest absolute Gasteiger partial charge is 0.252 e. The van der Waals surface area contributed by atoms with Gasteiger partial charge < -0.3 is 5.32 Å². The Morgan fingerprint density at radius 2 is 2.20 bits per heavy atom. The van der Waals surface area contributed by atoms with Crippen LogP contribution < -0.4 is 5.32 Å². The first-order chi connectivity index (χ1) is 9.69. The Hall–Kier alpha value is -2.19. The lowest BCUT2D eigenvalue weighted by Crippen LogP contribution is -2.25. The Balaban J connectivity index is 1.91. The third-order valence-electron chi connectivity index (χ3n) is 2.72. The minimum absolute atomic E-state index is 0.218. The lowest BCUT2D eigenvalue weighted by Gasteiger charge is -2.05. The summed E-state index contributed by atoms with van der Waals surface area (Å²) in [5, 5.41) is 11.6. The van der Waals surface area contributed by atoms with E-state index in [9.17, 15) is 4.79 Å². The number of amides is 1. The first-order valence-corrected chi connectivity index (χ1v) is 6.86. The van der Waals surface area contributed by atoms with Gasteiger partial charge in [0.1, 0.15) is 6.07 Å². The van der Waals surface area contributed by atoms with Gasteiger partial charge in [-0.1, -0.05) is 28.1 Å². The molecule has 1 amide bonds. The van der Waals surface area contributed by atoms with E-state index in [1.165, 1.54) is 18.5 Å². The summed E-state index contributed by atoms with van der Waals surface area (Å²) in [6.45, 7) is 0.534. The lowest BCUT2D eigenvalue weighted by molar-refractivity contribution is 0.0953. The maximum Gasteiger partial charge on any atom is 0.252 e. The molecule has 4 nitrogen and oxygen atoms in total. The van der Waals surface area contributed by atoms with Gasteiger partial charge in [-0.05, 0) is 30.2 Å².